The van der Waals surface area contributed by atoms with E-state index in [0.29, 0.717) is 0 Å². The van der Waals surface area contributed by atoms with Crippen LogP contribution in [0.5, 0.6) is 5.75 Å². The number of anilines is 1. The van der Waals surface area contributed by atoms with E-state index in [1.807, 2.05) is 31.3 Å². The minimum absolute atomic E-state index is 0.775. The number of likely N-dealkylation sites (N-methyl/N-ethyl adjacent to an activating group) is 1. The van der Waals surface area contributed by atoms with Crippen molar-refractivity contribution < 1.29 is 4.74 Å². The van der Waals surface area contributed by atoms with Crippen LogP contribution in [0.2, 0.25) is 0 Å². The van der Waals surface area contributed by atoms with E-state index in [2.05, 4.69) is 11.8 Å². The number of hydrogen-bond acceptors (Lipinski definition) is 2. The molecule has 62 valence electrons. The summed E-state index contributed by atoms with van der Waals surface area (Å²) >= 11 is 0. The lowest BCUT2D eigenvalue weighted by Gasteiger charge is -2.26. The van der Waals surface area contributed by atoms with Gasteiger partial charge in [0.25, 0.3) is 0 Å². The zero-order chi connectivity index (χ0) is 8.55. The fraction of sp³-hybridized carbons (Fsp3) is 0.200. The van der Waals surface area contributed by atoms with E-state index >= 15 is 0 Å². The zero-order valence-corrected chi connectivity index (χ0v) is 7.08. The van der Waals surface area contributed by atoms with Crippen LogP contribution in [0.4, 0.5) is 5.69 Å². The summed E-state index contributed by atoms with van der Waals surface area (Å²) in [6.45, 7) is 4.57. The molecule has 0 aromatic heterocycles. The Balaban J connectivity index is 2.40. The molecule has 0 N–H and O–H groups in total. The average Bonchev–Trinajstić information content (AvgIpc) is 2.04. The van der Waals surface area contributed by atoms with Crippen LogP contribution >= 0.6 is 0 Å². The number of ether oxygens (including phenoxy) is 1. The van der Waals surface area contributed by atoms with Crippen molar-refractivity contribution in [2.45, 2.75) is 0 Å². The first-order valence-corrected chi connectivity index (χ1v) is 3.93. The van der Waals surface area contributed by atoms with Crippen LogP contribution in [0.25, 0.3) is 0 Å². The molecule has 0 spiro atoms. The second kappa shape index (κ2) is 2.63. The monoisotopic (exact) mass is 161 g/mol. The van der Waals surface area contributed by atoms with Gasteiger partial charge in [0.2, 0.25) is 5.75 Å². The molecule has 1 aromatic carbocycles. The largest absolute Gasteiger partial charge is 0.337 e. The van der Waals surface area contributed by atoms with Gasteiger partial charge in [-0.1, -0.05) is 19.1 Å². The number of para-hydroxylation sites is 2. The SMILES string of the molecule is [CH2-][C+]1CN(C)c2ccccc2O1. The molecule has 0 unspecified atom stereocenters. The molecular weight excluding hydrogens is 150 g/mol. The predicted molar refractivity (Wildman–Crippen MR) is 48.9 cm³/mol. The van der Waals surface area contributed by atoms with Gasteiger partial charge in [-0.3, -0.25) is 0 Å². The van der Waals surface area contributed by atoms with Gasteiger partial charge in [-0.15, -0.1) is 0 Å². The third-order valence-corrected chi connectivity index (χ3v) is 1.94. The van der Waals surface area contributed by atoms with E-state index in [1.54, 1.807) is 0 Å². The summed E-state index contributed by atoms with van der Waals surface area (Å²) in [7, 11) is 2.03. The van der Waals surface area contributed by atoms with Gasteiger partial charge < -0.3 is 9.64 Å². The van der Waals surface area contributed by atoms with E-state index in [4.69, 9.17) is 4.74 Å². The normalized spacial score (nSPS) is 15.5. The van der Waals surface area contributed by atoms with Crippen molar-refractivity contribution in [2.75, 3.05) is 18.5 Å². The highest BCUT2D eigenvalue weighted by atomic mass is 16.5. The molecule has 0 saturated carbocycles. The Kier molecular flexibility index (Phi) is 1.61. The van der Waals surface area contributed by atoms with Gasteiger partial charge in [0.1, 0.15) is 0 Å². The molecule has 0 aliphatic carbocycles. The number of rotatable bonds is 0. The lowest BCUT2D eigenvalue weighted by Crippen LogP contribution is -2.30. The van der Waals surface area contributed by atoms with E-state index in [9.17, 15) is 0 Å². The highest BCUT2D eigenvalue weighted by Gasteiger charge is 2.23. The van der Waals surface area contributed by atoms with Crippen LogP contribution in [0, 0.1) is 13.0 Å². The van der Waals surface area contributed by atoms with E-state index in [-0.39, 0.29) is 0 Å². The Morgan fingerprint density at radius 1 is 1.50 bits per heavy atom. The predicted octanol–water partition coefficient (Wildman–Crippen LogP) is 1.88. The Bertz CT molecular complexity index is 285. The van der Waals surface area contributed by atoms with Crippen molar-refractivity contribution in [1.82, 2.24) is 0 Å². The fourth-order valence-corrected chi connectivity index (χ4v) is 1.40. The highest BCUT2D eigenvalue weighted by molar-refractivity contribution is 5.60. The quantitative estimate of drug-likeness (QED) is 0.539. The first-order chi connectivity index (χ1) is 5.77. The van der Waals surface area contributed by atoms with Gasteiger partial charge in [0.05, 0.1) is 5.69 Å². The molecular formula is C10H11NO. The molecule has 0 bridgehead atoms. The van der Waals surface area contributed by atoms with Crippen molar-refractivity contribution in [1.29, 1.82) is 0 Å². The molecule has 0 saturated heterocycles. The summed E-state index contributed by atoms with van der Waals surface area (Å²) < 4.78 is 5.47. The molecule has 2 heteroatoms. The molecule has 1 heterocycles. The maximum Gasteiger partial charge on any atom is 0.201 e. The fourth-order valence-electron chi connectivity index (χ4n) is 1.40. The average molecular weight is 161 g/mol. The van der Waals surface area contributed by atoms with Crippen molar-refractivity contribution in [3.63, 3.8) is 0 Å². The minimum Gasteiger partial charge on any atom is -0.337 e. The third kappa shape index (κ3) is 1.09. The molecule has 1 aromatic rings. The van der Waals surface area contributed by atoms with Gasteiger partial charge >= 0.3 is 0 Å². The first kappa shape index (κ1) is 7.35. The number of nitrogens with zero attached hydrogens (tertiary/aromatic N) is 1. The highest BCUT2D eigenvalue weighted by Crippen LogP contribution is 2.33. The van der Waals surface area contributed by atoms with Crippen molar-refractivity contribution in [3.8, 4) is 5.75 Å². The van der Waals surface area contributed by atoms with E-state index < -0.39 is 0 Å². The maximum atomic E-state index is 5.47. The van der Waals surface area contributed by atoms with Crippen LogP contribution in [0.15, 0.2) is 24.3 Å². The van der Waals surface area contributed by atoms with E-state index in [1.165, 1.54) is 0 Å². The summed E-state index contributed by atoms with van der Waals surface area (Å²) in [6.07, 6.45) is 0.802. The summed E-state index contributed by atoms with van der Waals surface area (Å²) in [5.74, 6) is 0.899. The van der Waals surface area contributed by atoms with Gasteiger partial charge in [-0.2, -0.15) is 0 Å². The molecule has 1 aliphatic rings. The molecule has 2 rings (SSSR count). The second-order valence-corrected chi connectivity index (χ2v) is 2.96. The van der Waals surface area contributed by atoms with Crippen molar-refractivity contribution in [2.24, 2.45) is 0 Å². The molecule has 0 fully saturated rings. The lowest BCUT2D eigenvalue weighted by molar-refractivity contribution is 0.337. The van der Waals surface area contributed by atoms with Gasteiger partial charge in [0.15, 0.2) is 12.6 Å². The first-order valence-electron chi connectivity index (χ1n) is 3.93. The van der Waals surface area contributed by atoms with E-state index in [0.717, 1.165) is 24.1 Å². The van der Waals surface area contributed by atoms with Crippen LogP contribution in [-0.2, 0) is 0 Å². The van der Waals surface area contributed by atoms with Crippen molar-refractivity contribution in [3.05, 3.63) is 37.3 Å². The number of benzene rings is 1. The van der Waals surface area contributed by atoms with Crippen LogP contribution in [0.1, 0.15) is 0 Å². The Hall–Kier alpha value is -1.31. The zero-order valence-electron chi connectivity index (χ0n) is 7.08. The number of hydrogen-bond donors (Lipinski definition) is 0. The summed E-state index contributed by atoms with van der Waals surface area (Å²) in [4.78, 5) is 2.13. The molecule has 0 radical (unpaired) electrons. The molecule has 12 heavy (non-hydrogen) atoms. The topological polar surface area (TPSA) is 12.5 Å². The maximum absolute atomic E-state index is 5.47. The van der Waals surface area contributed by atoms with Gasteiger partial charge in [0, 0.05) is 7.05 Å². The lowest BCUT2D eigenvalue weighted by atomic mass is 10.2. The molecule has 1 aliphatic heterocycles. The van der Waals surface area contributed by atoms with Crippen LogP contribution in [0.3, 0.4) is 0 Å². The van der Waals surface area contributed by atoms with Gasteiger partial charge in [-0.05, 0) is 12.1 Å². The van der Waals surface area contributed by atoms with Crippen LogP contribution in [-0.4, -0.2) is 13.6 Å². The molecule has 0 atom stereocenters. The Morgan fingerprint density at radius 2 is 2.25 bits per heavy atom. The molecule has 2 nitrogen and oxygen atoms in total. The Morgan fingerprint density at radius 3 is 3.08 bits per heavy atom. The minimum atomic E-state index is 0.775. The second-order valence-electron chi connectivity index (χ2n) is 2.96. The summed E-state index contributed by atoms with van der Waals surface area (Å²) in [5, 5.41) is 0. The van der Waals surface area contributed by atoms with Crippen LogP contribution < -0.4 is 9.64 Å². The Labute approximate surface area is 72.8 Å². The third-order valence-electron chi connectivity index (χ3n) is 1.94. The molecule has 0 amide bonds. The number of fused-ring (bicyclic) bond motifs is 1. The van der Waals surface area contributed by atoms with Gasteiger partial charge in [-0.25, -0.2) is 0 Å². The summed E-state index contributed by atoms with van der Waals surface area (Å²) in [6, 6.07) is 7.97. The smallest absolute Gasteiger partial charge is 0.201 e. The van der Waals surface area contributed by atoms with Crippen molar-refractivity contribution >= 4 is 5.69 Å². The summed E-state index contributed by atoms with van der Waals surface area (Å²) in [5.41, 5.74) is 1.13. The standard InChI is InChI=1S/C10H11NO/c1-8-7-11(2)9-5-3-4-6-10(9)12-8/h3-6H,1,7H2,2H3.